The molecule has 33 heavy (non-hydrogen) atoms. The van der Waals surface area contributed by atoms with E-state index in [-0.39, 0.29) is 18.7 Å². The molecule has 1 heterocycles. The van der Waals surface area contributed by atoms with Gasteiger partial charge in [-0.2, -0.15) is 18.3 Å². The van der Waals surface area contributed by atoms with Crippen LogP contribution in [-0.4, -0.2) is 20.5 Å². The molecule has 0 fully saturated rings. The van der Waals surface area contributed by atoms with Crippen LogP contribution in [0.5, 0.6) is 0 Å². The fourth-order valence-electron chi connectivity index (χ4n) is 3.24. The van der Waals surface area contributed by atoms with Crippen molar-refractivity contribution in [3.05, 3.63) is 107 Å². The van der Waals surface area contributed by atoms with E-state index < -0.39 is 11.7 Å². The Hall–Kier alpha value is -3.46. The summed E-state index contributed by atoms with van der Waals surface area (Å²) in [6, 6.07) is 20.9. The Balaban J connectivity index is 1.57. The molecular weight excluding hydrogens is 497 g/mol. The summed E-state index contributed by atoms with van der Waals surface area (Å²) in [6.45, 7) is -0.0634. The minimum atomic E-state index is -4.46. The number of benzene rings is 3. The summed E-state index contributed by atoms with van der Waals surface area (Å²) in [5.74, 6) is 0. The Morgan fingerprint density at radius 3 is 2.24 bits per heavy atom. The van der Waals surface area contributed by atoms with Crippen molar-refractivity contribution in [3.8, 4) is 11.1 Å². The minimum Gasteiger partial charge on any atom is -0.391 e. The number of aromatic nitrogens is 3. The highest BCUT2D eigenvalue weighted by Gasteiger charge is 2.33. The Bertz CT molecular complexity index is 1220. The first-order chi connectivity index (χ1) is 15.9. The Morgan fingerprint density at radius 1 is 0.939 bits per heavy atom. The van der Waals surface area contributed by atoms with Gasteiger partial charge in [-0.15, -0.1) is 0 Å². The monoisotopic (exact) mass is 514 g/mol. The van der Waals surface area contributed by atoms with Crippen molar-refractivity contribution in [1.29, 1.82) is 0 Å². The molecule has 0 aliphatic heterocycles. The van der Waals surface area contributed by atoms with E-state index in [4.69, 9.17) is 4.84 Å². The molecule has 4 rings (SSSR count). The summed E-state index contributed by atoms with van der Waals surface area (Å²) in [5, 5.41) is 8.24. The van der Waals surface area contributed by atoms with Crippen LogP contribution in [0.1, 0.15) is 16.7 Å². The maximum atomic E-state index is 13.2. The number of rotatable bonds is 7. The van der Waals surface area contributed by atoms with E-state index >= 15 is 0 Å². The van der Waals surface area contributed by atoms with Crippen LogP contribution >= 0.6 is 15.9 Å². The predicted octanol–water partition coefficient (Wildman–Crippen LogP) is 6.35. The van der Waals surface area contributed by atoms with Crippen LogP contribution in [0.15, 0.2) is 95.1 Å². The van der Waals surface area contributed by atoms with E-state index in [9.17, 15) is 13.2 Å². The topological polar surface area (TPSA) is 52.3 Å². The second-order valence-corrected chi connectivity index (χ2v) is 8.06. The van der Waals surface area contributed by atoms with E-state index in [1.165, 1.54) is 30.9 Å². The summed E-state index contributed by atoms with van der Waals surface area (Å²) >= 11 is 3.43. The van der Waals surface area contributed by atoms with Gasteiger partial charge < -0.3 is 4.84 Å². The van der Waals surface area contributed by atoms with Gasteiger partial charge in [0, 0.05) is 15.6 Å². The lowest BCUT2D eigenvalue weighted by Gasteiger charge is -2.12. The first-order valence-electron chi connectivity index (χ1n) is 9.93. The maximum absolute atomic E-state index is 13.2. The van der Waals surface area contributed by atoms with Gasteiger partial charge in [0.15, 0.2) is 0 Å². The van der Waals surface area contributed by atoms with Crippen molar-refractivity contribution in [2.75, 3.05) is 0 Å². The van der Waals surface area contributed by atoms with Crippen molar-refractivity contribution < 1.29 is 18.0 Å². The molecule has 0 aliphatic carbocycles. The highest BCUT2D eigenvalue weighted by molar-refractivity contribution is 9.10. The molecule has 0 amide bonds. The number of alkyl halides is 3. The third-order valence-electron chi connectivity index (χ3n) is 4.89. The van der Waals surface area contributed by atoms with Crippen LogP contribution in [0.4, 0.5) is 13.2 Å². The Labute approximate surface area is 196 Å². The fraction of sp³-hybridized carbons (Fsp3) is 0.125. The molecule has 1 aromatic heterocycles. The van der Waals surface area contributed by atoms with Gasteiger partial charge in [-0.3, -0.25) is 0 Å². The molecule has 0 saturated heterocycles. The van der Waals surface area contributed by atoms with Gasteiger partial charge in [0.2, 0.25) is 0 Å². The maximum Gasteiger partial charge on any atom is 0.416 e. The summed E-state index contributed by atoms with van der Waals surface area (Å²) in [7, 11) is 0. The van der Waals surface area contributed by atoms with Crippen LogP contribution in [-0.2, 0) is 24.2 Å². The zero-order valence-electron chi connectivity index (χ0n) is 17.2. The normalized spacial score (nSPS) is 12.1. The first-order valence-corrected chi connectivity index (χ1v) is 10.7. The lowest BCUT2D eigenvalue weighted by atomic mass is 10.0. The summed E-state index contributed by atoms with van der Waals surface area (Å²) in [5.41, 5.74) is 2.62. The number of oxime groups is 1. The van der Waals surface area contributed by atoms with Gasteiger partial charge in [0.1, 0.15) is 25.0 Å². The van der Waals surface area contributed by atoms with Crippen LogP contribution in [0.2, 0.25) is 0 Å². The number of hydrogen-bond acceptors (Lipinski definition) is 4. The van der Waals surface area contributed by atoms with Crippen molar-refractivity contribution in [2.45, 2.75) is 19.3 Å². The second kappa shape index (κ2) is 9.99. The lowest BCUT2D eigenvalue weighted by Crippen LogP contribution is -2.13. The first kappa shape index (κ1) is 22.7. The predicted molar refractivity (Wildman–Crippen MR) is 122 cm³/mol. The molecule has 9 heteroatoms. The SMILES string of the molecule is FC(F)(F)c1ccccc1CO/N=C(/Cn1cncn1)c1ccc(-c2ccc(Br)cc2)cc1. The molecule has 0 aliphatic rings. The molecule has 5 nitrogen and oxygen atoms in total. The molecular formula is C24H18BrF3N4O. The number of halogens is 4. The molecule has 0 atom stereocenters. The largest absolute Gasteiger partial charge is 0.416 e. The van der Waals surface area contributed by atoms with Crippen molar-refractivity contribution >= 4 is 21.6 Å². The zero-order chi connectivity index (χ0) is 23.3. The van der Waals surface area contributed by atoms with E-state index in [0.717, 1.165) is 27.2 Å². The van der Waals surface area contributed by atoms with Crippen LogP contribution < -0.4 is 0 Å². The number of nitrogens with zero attached hydrogens (tertiary/aromatic N) is 4. The van der Waals surface area contributed by atoms with Crippen molar-refractivity contribution in [3.63, 3.8) is 0 Å². The molecule has 0 saturated carbocycles. The highest BCUT2D eigenvalue weighted by Crippen LogP contribution is 2.32. The smallest absolute Gasteiger partial charge is 0.391 e. The molecule has 0 unspecified atom stereocenters. The quantitative estimate of drug-likeness (QED) is 0.213. The van der Waals surface area contributed by atoms with Gasteiger partial charge in [0.05, 0.1) is 12.1 Å². The van der Waals surface area contributed by atoms with E-state index in [0.29, 0.717) is 5.71 Å². The Kier molecular flexibility index (Phi) is 6.88. The van der Waals surface area contributed by atoms with E-state index in [2.05, 4.69) is 31.2 Å². The standard InChI is InChI=1S/C24H18BrF3N4O/c25-21-11-9-18(10-12-21)17-5-7-19(8-6-17)23(13-32-16-29-15-30-32)31-33-14-20-3-1-2-4-22(20)24(26,27)28/h1-12,15-16H,13-14H2/b31-23-. The lowest BCUT2D eigenvalue weighted by molar-refractivity contribution is -0.138. The Morgan fingerprint density at radius 2 is 1.61 bits per heavy atom. The zero-order valence-corrected chi connectivity index (χ0v) is 18.8. The summed E-state index contributed by atoms with van der Waals surface area (Å²) < 4.78 is 42.3. The summed E-state index contributed by atoms with van der Waals surface area (Å²) in [6.07, 6.45) is -1.53. The average Bonchev–Trinajstić information content (AvgIpc) is 3.32. The van der Waals surface area contributed by atoms with Gasteiger partial charge in [-0.1, -0.05) is 75.7 Å². The summed E-state index contributed by atoms with van der Waals surface area (Å²) in [4.78, 5) is 9.29. The third kappa shape index (κ3) is 5.87. The molecule has 0 bridgehead atoms. The molecule has 0 spiro atoms. The minimum absolute atomic E-state index is 0.0134. The van der Waals surface area contributed by atoms with Gasteiger partial charge in [0.25, 0.3) is 0 Å². The second-order valence-electron chi connectivity index (χ2n) is 7.14. The van der Waals surface area contributed by atoms with Gasteiger partial charge >= 0.3 is 6.18 Å². The third-order valence-corrected chi connectivity index (χ3v) is 5.42. The molecule has 168 valence electrons. The van der Waals surface area contributed by atoms with Crippen LogP contribution in [0.3, 0.4) is 0 Å². The molecule has 3 aromatic carbocycles. The van der Waals surface area contributed by atoms with E-state index in [1.54, 1.807) is 4.68 Å². The fourth-order valence-corrected chi connectivity index (χ4v) is 3.50. The molecule has 4 aromatic rings. The van der Waals surface area contributed by atoms with Crippen LogP contribution in [0.25, 0.3) is 11.1 Å². The molecule has 0 radical (unpaired) electrons. The van der Waals surface area contributed by atoms with Gasteiger partial charge in [-0.25, -0.2) is 9.67 Å². The number of hydrogen-bond donors (Lipinski definition) is 0. The van der Waals surface area contributed by atoms with Crippen LogP contribution in [0, 0.1) is 0 Å². The van der Waals surface area contributed by atoms with Gasteiger partial charge in [-0.05, 0) is 29.3 Å². The van der Waals surface area contributed by atoms with E-state index in [1.807, 2.05) is 48.5 Å². The molecule has 0 N–H and O–H groups in total. The van der Waals surface area contributed by atoms with Crippen molar-refractivity contribution in [2.24, 2.45) is 5.16 Å². The van der Waals surface area contributed by atoms with Crippen molar-refractivity contribution in [1.82, 2.24) is 14.8 Å². The highest BCUT2D eigenvalue weighted by atomic mass is 79.9. The average molecular weight is 515 g/mol.